The molecule has 0 aliphatic heterocycles. The lowest BCUT2D eigenvalue weighted by Crippen LogP contribution is -2.21. The molecule has 0 bridgehead atoms. The van der Waals surface area contributed by atoms with E-state index in [4.69, 9.17) is 20.4 Å². The first-order chi connectivity index (χ1) is 17.1. The molecule has 35 heavy (non-hydrogen) atoms. The van der Waals surface area contributed by atoms with E-state index in [0.717, 1.165) is 19.3 Å². The Morgan fingerprint density at radius 2 is 0.686 bits per heavy atom. The molecule has 0 aliphatic rings. The molecule has 0 fully saturated rings. The van der Waals surface area contributed by atoms with Gasteiger partial charge in [-0.05, 0) is 19.3 Å². The third kappa shape index (κ3) is 38.0. The van der Waals surface area contributed by atoms with Gasteiger partial charge in [0.2, 0.25) is 0 Å². The summed E-state index contributed by atoms with van der Waals surface area (Å²) in [5.74, 6) is -0.905. The fraction of sp³-hybridized carbons (Fsp3) is 0.966. The molecule has 0 aliphatic carbocycles. The molecule has 0 amide bonds. The first kappa shape index (κ1) is 36.5. The van der Waals surface area contributed by atoms with Gasteiger partial charge in [0.15, 0.2) is 0 Å². The van der Waals surface area contributed by atoms with E-state index in [0.29, 0.717) is 6.61 Å². The molecule has 0 aromatic carbocycles. The minimum atomic E-state index is -0.954. The van der Waals surface area contributed by atoms with Crippen LogP contribution in [0.15, 0.2) is 0 Å². The summed E-state index contributed by atoms with van der Waals surface area (Å²) in [5, 5.41) is 43.1. The number of aliphatic hydroxyl groups excluding tert-OH is 4. The number of hydrogen-bond donors (Lipinski definition) is 4. The van der Waals surface area contributed by atoms with Gasteiger partial charge < -0.3 is 30.3 Å². The van der Waals surface area contributed by atoms with Gasteiger partial charge in [0.05, 0.1) is 13.2 Å². The van der Waals surface area contributed by atoms with Gasteiger partial charge in [0, 0.05) is 12.6 Å². The monoisotopic (exact) mass is 503 g/mol. The number of hydrogen-bond acceptors (Lipinski definition) is 6. The average molecular weight is 504 g/mol. The molecular weight excluding hydrogens is 444 g/mol. The van der Waals surface area contributed by atoms with Gasteiger partial charge in [-0.2, -0.15) is 0 Å². The summed E-state index contributed by atoms with van der Waals surface area (Å²) in [7, 11) is 0. The number of unbranched alkanes of at least 4 members (excludes halogenated alkanes) is 22. The number of rotatable bonds is 27. The van der Waals surface area contributed by atoms with E-state index in [1.807, 2.05) is 0 Å². The lowest BCUT2D eigenvalue weighted by Gasteiger charge is -2.04. The zero-order valence-electron chi connectivity index (χ0n) is 22.8. The van der Waals surface area contributed by atoms with Crippen LogP contribution in [-0.4, -0.2) is 52.3 Å². The van der Waals surface area contributed by atoms with Crippen LogP contribution in [0.25, 0.3) is 0 Å². The second-order valence-electron chi connectivity index (χ2n) is 10.00. The van der Waals surface area contributed by atoms with E-state index in [1.165, 1.54) is 128 Å². The summed E-state index contributed by atoms with van der Waals surface area (Å²) in [6.07, 6.45) is 29.4. The van der Waals surface area contributed by atoms with Crippen molar-refractivity contribution in [1.29, 1.82) is 0 Å². The molecular formula is C29H59O6-. The van der Waals surface area contributed by atoms with Crippen molar-refractivity contribution in [3.63, 3.8) is 0 Å². The zero-order chi connectivity index (χ0) is 26.2. The quantitative estimate of drug-likeness (QED) is 0.111. The van der Waals surface area contributed by atoms with E-state index >= 15 is 0 Å². The Balaban J connectivity index is 0. The maximum Gasteiger partial charge on any atom is 0.100 e. The van der Waals surface area contributed by atoms with Gasteiger partial charge in [-0.3, -0.25) is 0 Å². The number of carboxylic acids is 1. The molecule has 0 unspecified atom stereocenters. The number of carboxylic acid groups (broad SMARTS) is 1. The first-order valence-electron chi connectivity index (χ1n) is 14.8. The Bertz CT molecular complexity index is 387. The third-order valence-corrected chi connectivity index (χ3v) is 6.46. The smallest absolute Gasteiger partial charge is 0.100 e. The third-order valence-electron chi connectivity index (χ3n) is 6.46. The molecule has 0 saturated carbocycles. The Hall–Kier alpha value is -0.690. The normalized spacial score (nSPS) is 11.0. The fourth-order valence-corrected chi connectivity index (χ4v) is 4.15. The summed E-state index contributed by atoms with van der Waals surface area (Å²) in [6, 6.07) is 0. The number of aliphatic carboxylic acids is 1. The Morgan fingerprint density at radius 3 is 0.857 bits per heavy atom. The highest BCUT2D eigenvalue weighted by Gasteiger charge is 1.96. The molecule has 0 aromatic rings. The second-order valence-corrected chi connectivity index (χ2v) is 10.00. The molecule has 6 nitrogen and oxygen atoms in total. The van der Waals surface area contributed by atoms with Crippen LogP contribution in [0.2, 0.25) is 0 Å². The molecule has 0 heterocycles. The highest BCUT2D eigenvalue weighted by Crippen LogP contribution is 2.15. The van der Waals surface area contributed by atoms with Crippen molar-refractivity contribution in [2.75, 3.05) is 19.8 Å². The van der Waals surface area contributed by atoms with Crippen LogP contribution in [0.3, 0.4) is 0 Å². The summed E-state index contributed by atoms with van der Waals surface area (Å²) in [6.45, 7) is -0.370. The molecule has 0 rings (SSSR count). The minimum Gasteiger partial charge on any atom is -0.550 e. The van der Waals surface area contributed by atoms with E-state index in [1.54, 1.807) is 0 Å². The topological polar surface area (TPSA) is 121 Å². The summed E-state index contributed by atoms with van der Waals surface area (Å²) in [4.78, 5) is 10.3. The van der Waals surface area contributed by atoms with Gasteiger partial charge in [0.1, 0.15) is 6.10 Å². The lowest BCUT2D eigenvalue weighted by atomic mass is 10.0. The van der Waals surface area contributed by atoms with Crippen molar-refractivity contribution in [3.8, 4) is 0 Å². The standard InChI is InChI=1S/C26H52O3.C3H8O3/c27-25-23-21-19-17-15-13-11-9-7-5-3-1-2-4-6-8-10-12-14-16-18-20-22-24-26(28)29;4-1-3(6)2-5/h27H,1-25H2,(H,28,29);3-6H,1-2H2/p-1. The van der Waals surface area contributed by atoms with Crippen LogP contribution in [0.1, 0.15) is 154 Å². The van der Waals surface area contributed by atoms with Crippen LogP contribution >= 0.6 is 0 Å². The second kappa shape index (κ2) is 33.3. The van der Waals surface area contributed by atoms with Crippen LogP contribution in [0, 0.1) is 0 Å². The van der Waals surface area contributed by atoms with Crippen molar-refractivity contribution < 1.29 is 30.3 Å². The predicted molar refractivity (Wildman–Crippen MR) is 143 cm³/mol. The Labute approximate surface area is 216 Å². The first-order valence-corrected chi connectivity index (χ1v) is 14.8. The number of carbonyl (C=O) groups is 1. The van der Waals surface area contributed by atoms with Gasteiger partial charge in [0.25, 0.3) is 0 Å². The Morgan fingerprint density at radius 1 is 0.457 bits per heavy atom. The van der Waals surface area contributed by atoms with Crippen molar-refractivity contribution in [1.82, 2.24) is 0 Å². The van der Waals surface area contributed by atoms with E-state index in [-0.39, 0.29) is 19.6 Å². The van der Waals surface area contributed by atoms with Crippen molar-refractivity contribution >= 4 is 5.97 Å². The summed E-state index contributed by atoms with van der Waals surface area (Å²) in [5.41, 5.74) is 0. The van der Waals surface area contributed by atoms with Crippen LogP contribution < -0.4 is 5.11 Å². The van der Waals surface area contributed by atoms with E-state index < -0.39 is 12.1 Å². The van der Waals surface area contributed by atoms with Crippen LogP contribution in [0.5, 0.6) is 0 Å². The van der Waals surface area contributed by atoms with E-state index in [2.05, 4.69) is 0 Å². The maximum atomic E-state index is 10.3. The molecule has 4 N–H and O–H groups in total. The fourth-order valence-electron chi connectivity index (χ4n) is 4.15. The lowest BCUT2D eigenvalue weighted by molar-refractivity contribution is -0.305. The summed E-state index contributed by atoms with van der Waals surface area (Å²) >= 11 is 0. The predicted octanol–water partition coefficient (Wildman–Crippen LogP) is 5.42. The SMILES string of the molecule is O=C([O-])CCCCCCCCCCCCCCCCCCCCCCCCCO.OCC(O)CO. The highest BCUT2D eigenvalue weighted by molar-refractivity contribution is 5.63. The molecule has 0 radical (unpaired) electrons. The minimum absolute atomic E-state index is 0.229. The van der Waals surface area contributed by atoms with Crippen molar-refractivity contribution in [2.24, 2.45) is 0 Å². The summed E-state index contributed by atoms with van der Waals surface area (Å²) < 4.78 is 0. The van der Waals surface area contributed by atoms with E-state index in [9.17, 15) is 9.90 Å². The van der Waals surface area contributed by atoms with Gasteiger partial charge in [-0.1, -0.05) is 135 Å². The number of aliphatic hydroxyl groups is 4. The molecule has 0 spiro atoms. The molecule has 212 valence electrons. The van der Waals surface area contributed by atoms with Crippen LogP contribution in [-0.2, 0) is 4.79 Å². The van der Waals surface area contributed by atoms with Gasteiger partial charge in [-0.15, -0.1) is 0 Å². The van der Waals surface area contributed by atoms with Crippen molar-refractivity contribution in [3.05, 3.63) is 0 Å². The van der Waals surface area contributed by atoms with Crippen LogP contribution in [0.4, 0.5) is 0 Å². The van der Waals surface area contributed by atoms with Gasteiger partial charge in [-0.25, -0.2) is 0 Å². The highest BCUT2D eigenvalue weighted by atomic mass is 16.4. The molecule has 0 atom stereocenters. The largest absolute Gasteiger partial charge is 0.550 e. The maximum absolute atomic E-state index is 10.3. The Kier molecular flexibility index (Phi) is 34.7. The number of carbonyl (C=O) groups excluding carboxylic acids is 1. The zero-order valence-corrected chi connectivity index (χ0v) is 22.8. The molecule has 6 heteroatoms. The van der Waals surface area contributed by atoms with Crippen molar-refractivity contribution in [2.45, 2.75) is 160 Å². The average Bonchev–Trinajstić information content (AvgIpc) is 2.86. The van der Waals surface area contributed by atoms with Gasteiger partial charge >= 0.3 is 0 Å². The molecule has 0 aromatic heterocycles. The molecule has 0 saturated heterocycles.